The second-order valence-electron chi connectivity index (χ2n) is 3.89. The minimum absolute atomic E-state index is 0.327. The first-order valence-corrected chi connectivity index (χ1v) is 8.15. The van der Waals surface area contributed by atoms with Crippen LogP contribution in [0.2, 0.25) is 0 Å². The van der Waals surface area contributed by atoms with Crippen LogP contribution in [0.4, 0.5) is 0 Å². The Hall–Kier alpha value is -1.50. The summed E-state index contributed by atoms with van der Waals surface area (Å²) in [6, 6.07) is 5.81. The highest BCUT2D eigenvalue weighted by Gasteiger charge is 2.11. The fraction of sp³-hybridized carbons (Fsp3) is 0.0769. The molecule has 0 unspecified atom stereocenters. The van der Waals surface area contributed by atoms with Gasteiger partial charge < -0.3 is 5.11 Å². The first kappa shape index (κ1) is 12.5. The van der Waals surface area contributed by atoms with Gasteiger partial charge in [-0.25, -0.2) is 9.78 Å². The van der Waals surface area contributed by atoms with Crippen molar-refractivity contribution in [2.24, 2.45) is 0 Å². The Bertz CT molecular complexity index is 697. The van der Waals surface area contributed by atoms with E-state index in [0.29, 0.717) is 5.56 Å². The lowest BCUT2D eigenvalue weighted by Crippen LogP contribution is -1.91. The summed E-state index contributed by atoms with van der Waals surface area (Å²) in [6.45, 7) is 0. The normalized spacial score (nSPS) is 10.7. The van der Waals surface area contributed by atoms with Gasteiger partial charge in [-0.15, -0.1) is 34.0 Å². The molecule has 3 aromatic heterocycles. The Morgan fingerprint density at radius 3 is 2.84 bits per heavy atom. The molecule has 0 aliphatic rings. The van der Waals surface area contributed by atoms with Gasteiger partial charge in [0.25, 0.3) is 0 Å². The van der Waals surface area contributed by atoms with Crippen molar-refractivity contribution >= 4 is 40.0 Å². The maximum atomic E-state index is 10.9. The fourth-order valence-corrected chi connectivity index (χ4v) is 4.19. The van der Waals surface area contributed by atoms with E-state index in [2.05, 4.69) is 16.4 Å². The van der Waals surface area contributed by atoms with Crippen molar-refractivity contribution in [3.63, 3.8) is 0 Å². The molecule has 0 spiro atoms. The molecule has 0 saturated carbocycles. The quantitative estimate of drug-likeness (QED) is 0.785. The number of hydrogen-bond acceptors (Lipinski definition) is 5. The summed E-state index contributed by atoms with van der Waals surface area (Å²) in [4.78, 5) is 17.6. The third kappa shape index (κ3) is 2.75. The van der Waals surface area contributed by atoms with Gasteiger partial charge in [0.05, 0.1) is 21.1 Å². The molecule has 0 aliphatic heterocycles. The molecule has 6 heteroatoms. The molecular formula is C13H9NO2S3. The van der Waals surface area contributed by atoms with E-state index in [1.807, 2.05) is 11.4 Å². The zero-order chi connectivity index (χ0) is 13.2. The first-order valence-electron chi connectivity index (χ1n) is 5.51. The monoisotopic (exact) mass is 307 g/mol. The van der Waals surface area contributed by atoms with Crippen LogP contribution in [0.1, 0.15) is 20.2 Å². The van der Waals surface area contributed by atoms with Crippen molar-refractivity contribution in [1.29, 1.82) is 0 Å². The van der Waals surface area contributed by atoms with Gasteiger partial charge in [0.2, 0.25) is 0 Å². The number of carboxylic acid groups (broad SMARTS) is 1. The van der Waals surface area contributed by atoms with Crippen molar-refractivity contribution in [3.05, 3.63) is 49.8 Å². The summed E-state index contributed by atoms with van der Waals surface area (Å²) < 4.78 is 0. The lowest BCUT2D eigenvalue weighted by Gasteiger charge is -1.91. The van der Waals surface area contributed by atoms with Gasteiger partial charge in [0.15, 0.2) is 0 Å². The van der Waals surface area contributed by atoms with Crippen LogP contribution in [0.3, 0.4) is 0 Å². The summed E-state index contributed by atoms with van der Waals surface area (Å²) in [5, 5.41) is 15.7. The molecule has 0 aromatic carbocycles. The molecular weight excluding hydrogens is 298 g/mol. The fourth-order valence-electron chi connectivity index (χ4n) is 1.65. The van der Waals surface area contributed by atoms with Crippen LogP contribution in [0.5, 0.6) is 0 Å². The Labute approximate surface area is 121 Å². The first-order chi connectivity index (χ1) is 9.22. The van der Waals surface area contributed by atoms with Crippen LogP contribution in [-0.4, -0.2) is 16.1 Å². The van der Waals surface area contributed by atoms with E-state index < -0.39 is 5.97 Å². The number of aromatic nitrogens is 1. The molecule has 0 bridgehead atoms. The molecule has 3 aromatic rings. The Morgan fingerprint density at radius 2 is 2.16 bits per heavy atom. The number of carboxylic acids is 1. The molecule has 0 atom stereocenters. The van der Waals surface area contributed by atoms with Gasteiger partial charge in [0.1, 0.15) is 0 Å². The molecule has 0 radical (unpaired) electrons. The van der Waals surface area contributed by atoms with E-state index in [-0.39, 0.29) is 0 Å². The van der Waals surface area contributed by atoms with Crippen LogP contribution in [0.25, 0.3) is 10.6 Å². The van der Waals surface area contributed by atoms with Gasteiger partial charge in [-0.3, -0.25) is 0 Å². The Morgan fingerprint density at radius 1 is 1.26 bits per heavy atom. The van der Waals surface area contributed by atoms with E-state index in [0.717, 1.165) is 22.0 Å². The minimum Gasteiger partial charge on any atom is -0.478 e. The van der Waals surface area contributed by atoms with E-state index in [1.165, 1.54) is 16.2 Å². The Balaban J connectivity index is 1.82. The highest BCUT2D eigenvalue weighted by atomic mass is 32.1. The largest absolute Gasteiger partial charge is 0.478 e. The molecule has 3 nitrogen and oxygen atoms in total. The van der Waals surface area contributed by atoms with Crippen LogP contribution >= 0.6 is 34.0 Å². The third-order valence-electron chi connectivity index (χ3n) is 2.56. The molecule has 0 aliphatic carbocycles. The average Bonchev–Trinajstić information content (AvgIpc) is 3.09. The second kappa shape index (κ2) is 5.24. The van der Waals surface area contributed by atoms with E-state index in [1.54, 1.807) is 34.1 Å². The topological polar surface area (TPSA) is 50.2 Å². The highest BCUT2D eigenvalue weighted by Crippen LogP contribution is 2.29. The predicted molar refractivity (Wildman–Crippen MR) is 79.5 cm³/mol. The zero-order valence-electron chi connectivity index (χ0n) is 9.70. The van der Waals surface area contributed by atoms with Crippen LogP contribution < -0.4 is 0 Å². The number of aromatic carboxylic acids is 1. The molecule has 0 amide bonds. The lowest BCUT2D eigenvalue weighted by atomic mass is 10.3. The summed E-state index contributed by atoms with van der Waals surface area (Å²) in [6.07, 6.45) is 0.847. The van der Waals surface area contributed by atoms with Gasteiger partial charge in [-0.05, 0) is 17.5 Å². The number of nitrogens with zero attached hydrogens (tertiary/aromatic N) is 1. The number of thiophene rings is 2. The third-order valence-corrected chi connectivity index (χ3v) is 5.23. The summed E-state index contributed by atoms with van der Waals surface area (Å²) in [7, 11) is 0. The van der Waals surface area contributed by atoms with Gasteiger partial charge in [0, 0.05) is 22.1 Å². The highest BCUT2D eigenvalue weighted by molar-refractivity contribution is 7.14. The maximum Gasteiger partial charge on any atom is 0.336 e. The molecule has 96 valence electrons. The lowest BCUT2D eigenvalue weighted by molar-refractivity contribution is 0.0697. The molecule has 1 N–H and O–H groups in total. The number of carbonyl (C=O) groups is 1. The number of rotatable bonds is 4. The molecule has 3 heterocycles. The van der Waals surface area contributed by atoms with Gasteiger partial charge in [-0.1, -0.05) is 6.07 Å². The zero-order valence-corrected chi connectivity index (χ0v) is 12.1. The van der Waals surface area contributed by atoms with Crippen molar-refractivity contribution < 1.29 is 9.90 Å². The SMILES string of the molecule is O=C(O)c1csc(-c2csc(Cc3cccs3)n2)c1. The summed E-state index contributed by atoms with van der Waals surface area (Å²) >= 11 is 4.76. The molecule has 0 saturated heterocycles. The van der Waals surface area contributed by atoms with E-state index in [4.69, 9.17) is 5.11 Å². The van der Waals surface area contributed by atoms with E-state index >= 15 is 0 Å². The number of hydrogen-bond donors (Lipinski definition) is 1. The van der Waals surface area contributed by atoms with Gasteiger partial charge in [-0.2, -0.15) is 0 Å². The summed E-state index contributed by atoms with van der Waals surface area (Å²) in [5.41, 5.74) is 1.20. The van der Waals surface area contributed by atoms with Gasteiger partial charge >= 0.3 is 5.97 Å². The molecule has 0 fully saturated rings. The second-order valence-corrected chi connectivity index (χ2v) is 6.77. The van der Waals surface area contributed by atoms with Crippen molar-refractivity contribution in [2.45, 2.75) is 6.42 Å². The smallest absolute Gasteiger partial charge is 0.336 e. The Kier molecular flexibility index (Phi) is 3.46. The molecule has 19 heavy (non-hydrogen) atoms. The van der Waals surface area contributed by atoms with Crippen molar-refractivity contribution in [2.75, 3.05) is 0 Å². The average molecular weight is 307 g/mol. The van der Waals surface area contributed by atoms with Crippen LogP contribution in [0, 0.1) is 0 Å². The van der Waals surface area contributed by atoms with E-state index in [9.17, 15) is 4.79 Å². The van der Waals surface area contributed by atoms with Crippen LogP contribution in [0.15, 0.2) is 34.3 Å². The minimum atomic E-state index is -0.892. The standard InChI is InChI=1S/C13H9NO2S3/c15-13(16)8-4-11(18-6-8)10-7-19-12(14-10)5-9-2-1-3-17-9/h1-4,6-7H,5H2,(H,15,16). The van der Waals surface area contributed by atoms with Crippen LogP contribution in [-0.2, 0) is 6.42 Å². The van der Waals surface area contributed by atoms with Crippen molar-refractivity contribution in [3.8, 4) is 10.6 Å². The number of thiazole rings is 1. The molecule has 3 rings (SSSR count). The predicted octanol–water partition coefficient (Wildman–Crippen LogP) is 4.22. The van der Waals surface area contributed by atoms with Crippen molar-refractivity contribution in [1.82, 2.24) is 4.98 Å². The maximum absolute atomic E-state index is 10.9. The summed E-state index contributed by atoms with van der Waals surface area (Å²) in [5.74, 6) is -0.892.